The molecule has 0 fully saturated rings. The van der Waals surface area contributed by atoms with Gasteiger partial charge in [0.25, 0.3) is 0 Å². The summed E-state index contributed by atoms with van der Waals surface area (Å²) in [5, 5.41) is 6.93. The molecule has 0 spiro atoms. The number of anilines is 1. The number of hydrogen-bond donors (Lipinski definition) is 2. The lowest BCUT2D eigenvalue weighted by molar-refractivity contribution is 0.387. The molecule has 7 nitrogen and oxygen atoms in total. The minimum Gasteiger partial charge on any atom is -0.384 e. The van der Waals surface area contributed by atoms with Gasteiger partial charge in [0.05, 0.1) is 4.90 Å². The van der Waals surface area contributed by atoms with Crippen molar-refractivity contribution in [3.8, 4) is 0 Å². The summed E-state index contributed by atoms with van der Waals surface area (Å²) in [6.45, 7) is 2.78. The van der Waals surface area contributed by atoms with Gasteiger partial charge in [-0.2, -0.15) is 4.98 Å². The van der Waals surface area contributed by atoms with Gasteiger partial charge in [-0.05, 0) is 30.2 Å². The van der Waals surface area contributed by atoms with Crippen LogP contribution in [0.25, 0.3) is 0 Å². The second kappa shape index (κ2) is 5.45. The van der Waals surface area contributed by atoms with E-state index in [9.17, 15) is 8.42 Å². The lowest BCUT2D eigenvalue weighted by atomic mass is 10.2. The first-order chi connectivity index (χ1) is 10.0. The number of sulfonamides is 1. The van der Waals surface area contributed by atoms with Crippen molar-refractivity contribution in [3.63, 3.8) is 0 Å². The van der Waals surface area contributed by atoms with Crippen molar-refractivity contribution < 1.29 is 12.9 Å². The van der Waals surface area contributed by atoms with Crippen LogP contribution in [-0.2, 0) is 22.9 Å². The van der Waals surface area contributed by atoms with Crippen molar-refractivity contribution in [2.45, 2.75) is 24.7 Å². The molecular weight excluding hydrogens is 292 g/mol. The fourth-order valence-corrected chi connectivity index (χ4v) is 3.35. The van der Waals surface area contributed by atoms with Crippen molar-refractivity contribution in [2.24, 2.45) is 0 Å². The molecule has 0 saturated carbocycles. The smallest absolute Gasteiger partial charge is 0.240 e. The average molecular weight is 308 g/mol. The molecular formula is C13H16N4O3S. The highest BCUT2D eigenvalue weighted by atomic mass is 32.2. The number of benzene rings is 1. The predicted molar refractivity (Wildman–Crippen MR) is 76.6 cm³/mol. The molecule has 8 heteroatoms. The number of fused-ring (bicyclic) bond motifs is 1. The molecule has 0 saturated heterocycles. The van der Waals surface area contributed by atoms with Gasteiger partial charge in [-0.15, -0.1) is 0 Å². The molecule has 2 heterocycles. The molecule has 0 amide bonds. The van der Waals surface area contributed by atoms with Crippen LogP contribution in [0.4, 0.5) is 5.69 Å². The van der Waals surface area contributed by atoms with Gasteiger partial charge in [-0.3, -0.25) is 0 Å². The lowest BCUT2D eigenvalue weighted by Crippen LogP contribution is -2.26. The number of aromatic nitrogens is 2. The highest BCUT2D eigenvalue weighted by Crippen LogP contribution is 2.24. The zero-order valence-electron chi connectivity index (χ0n) is 11.6. The molecule has 2 aromatic rings. The first kappa shape index (κ1) is 14.0. The van der Waals surface area contributed by atoms with Crippen molar-refractivity contribution in [3.05, 3.63) is 35.5 Å². The first-order valence-electron chi connectivity index (χ1n) is 6.70. The lowest BCUT2D eigenvalue weighted by Gasteiger charge is -2.07. The van der Waals surface area contributed by atoms with Gasteiger partial charge in [0.15, 0.2) is 5.82 Å². The Kier molecular flexibility index (Phi) is 3.64. The molecule has 2 N–H and O–H groups in total. The van der Waals surface area contributed by atoms with E-state index in [1.807, 2.05) is 0 Å². The minimum atomic E-state index is -3.51. The summed E-state index contributed by atoms with van der Waals surface area (Å²) in [6, 6.07) is 5.13. The summed E-state index contributed by atoms with van der Waals surface area (Å²) in [5.74, 6) is 0.965. The predicted octanol–water partition coefficient (Wildman–Crippen LogP) is 0.867. The quantitative estimate of drug-likeness (QED) is 0.850. The van der Waals surface area contributed by atoms with Crippen LogP contribution in [0.1, 0.15) is 17.3 Å². The summed E-state index contributed by atoms with van der Waals surface area (Å²) in [5.41, 5.74) is 2.04. The SMILES string of the molecule is Cc1nc(CCNS(=O)(=O)c2ccc3c(c2)CCN3)no1. The van der Waals surface area contributed by atoms with E-state index >= 15 is 0 Å². The van der Waals surface area contributed by atoms with E-state index < -0.39 is 10.0 Å². The Labute approximate surface area is 122 Å². The summed E-state index contributed by atoms with van der Waals surface area (Å²) >= 11 is 0. The van der Waals surface area contributed by atoms with Crippen LogP contribution in [0.3, 0.4) is 0 Å². The Morgan fingerprint density at radius 3 is 3.05 bits per heavy atom. The standard InChI is InChI=1S/C13H16N4O3S/c1-9-16-13(17-20-9)5-7-15-21(18,19)11-2-3-12-10(8-11)4-6-14-12/h2-3,8,14-15H,4-7H2,1H3. The third kappa shape index (κ3) is 3.06. The van der Waals surface area contributed by atoms with E-state index in [1.165, 1.54) is 0 Å². The number of aryl methyl sites for hydroxylation is 1. The summed E-state index contributed by atoms with van der Waals surface area (Å²) in [4.78, 5) is 4.32. The molecule has 0 unspecified atom stereocenters. The largest absolute Gasteiger partial charge is 0.384 e. The Morgan fingerprint density at radius 1 is 1.43 bits per heavy atom. The normalized spacial score (nSPS) is 14.0. The molecule has 3 rings (SSSR count). The van der Waals surface area contributed by atoms with Gasteiger partial charge in [0.2, 0.25) is 15.9 Å². The third-order valence-electron chi connectivity index (χ3n) is 3.31. The Hall–Kier alpha value is -1.93. The Morgan fingerprint density at radius 2 is 2.29 bits per heavy atom. The van der Waals surface area contributed by atoms with E-state index in [2.05, 4.69) is 20.2 Å². The summed E-state index contributed by atoms with van der Waals surface area (Å²) in [7, 11) is -3.51. The molecule has 21 heavy (non-hydrogen) atoms. The second-order valence-electron chi connectivity index (χ2n) is 4.87. The molecule has 0 radical (unpaired) electrons. The summed E-state index contributed by atoms with van der Waals surface area (Å²) in [6.07, 6.45) is 1.24. The molecule has 1 aliphatic rings. The molecule has 112 valence electrons. The topological polar surface area (TPSA) is 97.1 Å². The molecule has 1 aromatic heterocycles. The second-order valence-corrected chi connectivity index (χ2v) is 6.64. The van der Waals surface area contributed by atoms with Crippen molar-refractivity contribution >= 4 is 15.7 Å². The zero-order chi connectivity index (χ0) is 14.9. The molecule has 0 bridgehead atoms. The highest BCUT2D eigenvalue weighted by Gasteiger charge is 2.18. The van der Waals surface area contributed by atoms with Gasteiger partial charge < -0.3 is 9.84 Å². The molecule has 0 atom stereocenters. The van der Waals surface area contributed by atoms with E-state index in [0.29, 0.717) is 18.1 Å². The summed E-state index contributed by atoms with van der Waals surface area (Å²) < 4.78 is 31.9. The number of nitrogens with one attached hydrogen (secondary N) is 2. The van der Waals surface area contributed by atoms with Gasteiger partial charge in [-0.1, -0.05) is 5.16 Å². The van der Waals surface area contributed by atoms with Crippen LogP contribution in [-0.4, -0.2) is 31.6 Å². The zero-order valence-corrected chi connectivity index (χ0v) is 12.4. The fraction of sp³-hybridized carbons (Fsp3) is 0.385. The van der Waals surface area contributed by atoms with Crippen LogP contribution in [0.5, 0.6) is 0 Å². The number of rotatable bonds is 5. The highest BCUT2D eigenvalue weighted by molar-refractivity contribution is 7.89. The van der Waals surface area contributed by atoms with E-state index in [1.54, 1.807) is 25.1 Å². The van der Waals surface area contributed by atoms with Crippen molar-refractivity contribution in [2.75, 3.05) is 18.4 Å². The maximum atomic E-state index is 12.2. The van der Waals surface area contributed by atoms with Gasteiger partial charge >= 0.3 is 0 Å². The average Bonchev–Trinajstić information content (AvgIpc) is 3.06. The van der Waals surface area contributed by atoms with Crippen molar-refractivity contribution in [1.82, 2.24) is 14.9 Å². The molecule has 1 aromatic carbocycles. The Bertz CT molecular complexity index is 755. The number of nitrogens with zero attached hydrogens (tertiary/aromatic N) is 2. The van der Waals surface area contributed by atoms with E-state index in [4.69, 9.17) is 4.52 Å². The maximum absolute atomic E-state index is 12.2. The minimum absolute atomic E-state index is 0.233. The third-order valence-corrected chi connectivity index (χ3v) is 4.77. The van der Waals surface area contributed by atoms with Gasteiger partial charge in [-0.25, -0.2) is 13.1 Å². The molecule has 1 aliphatic heterocycles. The Balaban J connectivity index is 1.66. The monoisotopic (exact) mass is 308 g/mol. The van der Waals surface area contributed by atoms with Crippen LogP contribution in [0.15, 0.2) is 27.6 Å². The van der Waals surface area contributed by atoms with Gasteiger partial charge in [0, 0.05) is 32.1 Å². The first-order valence-corrected chi connectivity index (χ1v) is 8.18. The van der Waals surface area contributed by atoms with Gasteiger partial charge in [0.1, 0.15) is 0 Å². The molecule has 0 aliphatic carbocycles. The van der Waals surface area contributed by atoms with Crippen LogP contribution in [0.2, 0.25) is 0 Å². The van der Waals surface area contributed by atoms with E-state index in [-0.39, 0.29) is 11.4 Å². The maximum Gasteiger partial charge on any atom is 0.240 e. The number of hydrogen-bond acceptors (Lipinski definition) is 6. The van der Waals surface area contributed by atoms with Crippen molar-refractivity contribution in [1.29, 1.82) is 0 Å². The fourth-order valence-electron chi connectivity index (χ4n) is 2.27. The van der Waals surface area contributed by atoms with Crippen LogP contribution < -0.4 is 10.0 Å². The van der Waals surface area contributed by atoms with Crippen LogP contribution >= 0.6 is 0 Å². The van der Waals surface area contributed by atoms with E-state index in [0.717, 1.165) is 24.2 Å². The van der Waals surface area contributed by atoms with Crippen LogP contribution in [0, 0.1) is 6.92 Å².